The number of hydrogen-bond donors (Lipinski definition) is 6. The minimum atomic E-state index is -0.235. The number of phenols is 4. The molecular weight excluding hydrogens is 428 g/mol. The van der Waals surface area contributed by atoms with E-state index in [9.17, 15) is 30.0 Å². The standard InChI is InChI=1S/C23H28N4O6/c28-18-10-8-16(20(30)12-18)14-24-26-22(32)6-4-2-1-3-5-7-23(33)27-25-15-17-9-11-19(29)13-21(17)31/h8-15,28-31H,1-7H2,(H,26,32)(H,27,33)/b24-14+,25-15+. The molecule has 10 nitrogen and oxygen atoms in total. The Morgan fingerprint density at radius 3 is 1.45 bits per heavy atom. The Balaban J connectivity index is 1.51. The van der Waals surface area contributed by atoms with Gasteiger partial charge in [-0.1, -0.05) is 19.3 Å². The van der Waals surface area contributed by atoms with E-state index in [0.29, 0.717) is 36.8 Å². The zero-order valence-corrected chi connectivity index (χ0v) is 18.1. The number of aromatic hydroxyl groups is 4. The molecule has 2 rings (SSSR count). The van der Waals surface area contributed by atoms with Crippen LogP contribution in [0.25, 0.3) is 0 Å². The van der Waals surface area contributed by atoms with Crippen LogP contribution < -0.4 is 10.9 Å². The van der Waals surface area contributed by atoms with Crippen molar-refractivity contribution in [1.82, 2.24) is 10.9 Å². The third kappa shape index (κ3) is 9.72. The number of hydrazone groups is 2. The van der Waals surface area contributed by atoms with Crippen LogP contribution in [0.4, 0.5) is 0 Å². The van der Waals surface area contributed by atoms with Crippen molar-refractivity contribution in [3.8, 4) is 23.0 Å². The number of nitrogens with one attached hydrogen (secondary N) is 2. The van der Waals surface area contributed by atoms with Gasteiger partial charge in [-0.3, -0.25) is 9.59 Å². The van der Waals surface area contributed by atoms with Gasteiger partial charge in [0.1, 0.15) is 23.0 Å². The van der Waals surface area contributed by atoms with Crippen molar-refractivity contribution in [2.45, 2.75) is 44.9 Å². The molecule has 2 amide bonds. The molecule has 0 spiro atoms. The smallest absolute Gasteiger partial charge is 0.240 e. The molecule has 6 N–H and O–H groups in total. The summed E-state index contributed by atoms with van der Waals surface area (Å²) in [6.07, 6.45) is 7.19. The second-order valence-electron chi connectivity index (χ2n) is 7.34. The second-order valence-corrected chi connectivity index (χ2v) is 7.34. The minimum absolute atomic E-state index is 0.0606. The van der Waals surface area contributed by atoms with E-state index < -0.39 is 0 Å². The largest absolute Gasteiger partial charge is 0.508 e. The lowest BCUT2D eigenvalue weighted by atomic mass is 10.1. The minimum Gasteiger partial charge on any atom is -0.508 e. The van der Waals surface area contributed by atoms with Gasteiger partial charge < -0.3 is 20.4 Å². The van der Waals surface area contributed by atoms with E-state index in [1.807, 2.05) is 0 Å². The van der Waals surface area contributed by atoms with E-state index >= 15 is 0 Å². The van der Waals surface area contributed by atoms with Crippen molar-refractivity contribution in [2.75, 3.05) is 0 Å². The molecule has 33 heavy (non-hydrogen) atoms. The molecule has 0 unspecified atom stereocenters. The Morgan fingerprint density at radius 1 is 0.667 bits per heavy atom. The van der Waals surface area contributed by atoms with E-state index in [1.165, 1.54) is 48.8 Å². The van der Waals surface area contributed by atoms with Crippen molar-refractivity contribution in [3.63, 3.8) is 0 Å². The molecule has 2 aromatic rings. The van der Waals surface area contributed by atoms with Gasteiger partial charge in [0.2, 0.25) is 11.8 Å². The number of nitrogens with zero attached hydrogens (tertiary/aromatic N) is 2. The summed E-state index contributed by atoms with van der Waals surface area (Å²) in [7, 11) is 0. The van der Waals surface area contributed by atoms with Gasteiger partial charge in [0.05, 0.1) is 12.4 Å². The molecule has 0 bridgehead atoms. The van der Waals surface area contributed by atoms with Crippen LogP contribution in [0.2, 0.25) is 0 Å². The highest BCUT2D eigenvalue weighted by Crippen LogP contribution is 2.21. The number of phenolic OH excluding ortho intramolecular Hbond substituents is 4. The van der Waals surface area contributed by atoms with Gasteiger partial charge in [-0.15, -0.1) is 0 Å². The van der Waals surface area contributed by atoms with Gasteiger partial charge in [0.25, 0.3) is 0 Å². The molecular formula is C23H28N4O6. The number of rotatable bonds is 12. The van der Waals surface area contributed by atoms with Gasteiger partial charge in [-0.05, 0) is 37.1 Å². The molecule has 0 fully saturated rings. The number of amides is 2. The van der Waals surface area contributed by atoms with Crippen LogP contribution in [0.5, 0.6) is 23.0 Å². The first-order valence-corrected chi connectivity index (χ1v) is 10.5. The lowest BCUT2D eigenvalue weighted by Crippen LogP contribution is -2.17. The van der Waals surface area contributed by atoms with Crippen LogP contribution >= 0.6 is 0 Å². The highest BCUT2D eigenvalue weighted by molar-refractivity contribution is 5.86. The summed E-state index contributed by atoms with van der Waals surface area (Å²) in [4.78, 5) is 23.5. The molecule has 0 saturated carbocycles. The monoisotopic (exact) mass is 456 g/mol. The summed E-state index contributed by atoms with van der Waals surface area (Å²) in [5.74, 6) is -0.859. The first-order chi connectivity index (χ1) is 15.8. The lowest BCUT2D eigenvalue weighted by Gasteiger charge is -2.03. The summed E-state index contributed by atoms with van der Waals surface area (Å²) < 4.78 is 0. The Labute approximate surface area is 191 Å². The van der Waals surface area contributed by atoms with E-state index in [-0.39, 0.29) is 34.8 Å². The normalized spacial score (nSPS) is 11.2. The fourth-order valence-electron chi connectivity index (χ4n) is 2.84. The topological polar surface area (TPSA) is 164 Å². The average Bonchev–Trinajstić information content (AvgIpc) is 2.76. The summed E-state index contributed by atoms with van der Waals surface area (Å²) >= 11 is 0. The summed E-state index contributed by atoms with van der Waals surface area (Å²) in [5, 5.41) is 45.3. The van der Waals surface area contributed by atoms with E-state index in [0.717, 1.165) is 19.3 Å². The van der Waals surface area contributed by atoms with Crippen LogP contribution in [-0.4, -0.2) is 44.7 Å². The number of benzene rings is 2. The molecule has 0 aliphatic rings. The van der Waals surface area contributed by atoms with Crippen molar-refractivity contribution >= 4 is 24.2 Å². The molecule has 0 aliphatic carbocycles. The van der Waals surface area contributed by atoms with Crippen molar-refractivity contribution < 1.29 is 30.0 Å². The predicted octanol–water partition coefficient (Wildman–Crippen LogP) is 2.84. The highest BCUT2D eigenvalue weighted by atomic mass is 16.3. The van der Waals surface area contributed by atoms with Crippen LogP contribution in [-0.2, 0) is 9.59 Å². The van der Waals surface area contributed by atoms with Crippen molar-refractivity contribution in [2.24, 2.45) is 10.2 Å². The van der Waals surface area contributed by atoms with Crippen LogP contribution in [0, 0.1) is 0 Å². The first kappa shape index (κ1) is 25.2. The summed E-state index contributed by atoms with van der Waals surface area (Å²) in [6, 6.07) is 8.14. The average molecular weight is 456 g/mol. The Morgan fingerprint density at radius 2 is 1.06 bits per heavy atom. The maximum absolute atomic E-state index is 11.8. The lowest BCUT2D eigenvalue weighted by molar-refractivity contribution is -0.121. The first-order valence-electron chi connectivity index (χ1n) is 10.5. The molecule has 2 aromatic carbocycles. The summed E-state index contributed by atoms with van der Waals surface area (Å²) in [6.45, 7) is 0. The zero-order chi connectivity index (χ0) is 24.1. The fourth-order valence-corrected chi connectivity index (χ4v) is 2.84. The highest BCUT2D eigenvalue weighted by Gasteiger charge is 2.03. The van der Waals surface area contributed by atoms with Crippen molar-refractivity contribution in [1.29, 1.82) is 0 Å². The molecule has 0 aliphatic heterocycles. The molecule has 176 valence electrons. The predicted molar refractivity (Wildman–Crippen MR) is 123 cm³/mol. The fraction of sp³-hybridized carbons (Fsp3) is 0.304. The van der Waals surface area contributed by atoms with Gasteiger partial charge in [-0.2, -0.15) is 10.2 Å². The van der Waals surface area contributed by atoms with Crippen LogP contribution in [0.15, 0.2) is 46.6 Å². The van der Waals surface area contributed by atoms with E-state index in [4.69, 9.17) is 0 Å². The van der Waals surface area contributed by atoms with Gasteiger partial charge in [-0.25, -0.2) is 10.9 Å². The molecule has 10 heteroatoms. The molecule has 0 atom stereocenters. The van der Waals surface area contributed by atoms with Crippen molar-refractivity contribution in [3.05, 3.63) is 47.5 Å². The summed E-state index contributed by atoms with van der Waals surface area (Å²) in [5.41, 5.74) is 5.53. The molecule has 0 radical (unpaired) electrons. The maximum atomic E-state index is 11.8. The van der Waals surface area contributed by atoms with Crippen LogP contribution in [0.1, 0.15) is 56.1 Å². The quantitative estimate of drug-likeness (QED) is 0.163. The number of unbranched alkanes of at least 4 members (excludes halogenated alkanes) is 4. The number of hydrogen-bond acceptors (Lipinski definition) is 8. The Bertz CT molecular complexity index is 927. The third-order valence-electron chi connectivity index (χ3n) is 4.62. The Hall–Kier alpha value is -4.08. The number of carbonyl (C=O) groups is 2. The molecule has 0 heterocycles. The molecule has 0 saturated heterocycles. The second kappa shape index (κ2) is 13.4. The SMILES string of the molecule is O=C(CCCCCCCC(=O)N/N=C/c1ccc(O)cc1O)N/N=C/c1ccc(O)cc1O. The number of carbonyl (C=O) groups excluding carboxylic acids is 2. The van der Waals surface area contributed by atoms with E-state index in [2.05, 4.69) is 21.1 Å². The van der Waals surface area contributed by atoms with Gasteiger partial charge in [0.15, 0.2) is 0 Å². The van der Waals surface area contributed by atoms with Crippen LogP contribution in [0.3, 0.4) is 0 Å². The van der Waals surface area contributed by atoms with Gasteiger partial charge >= 0.3 is 0 Å². The Kier molecular flexibility index (Phi) is 10.2. The van der Waals surface area contributed by atoms with Gasteiger partial charge in [0, 0.05) is 36.1 Å². The van der Waals surface area contributed by atoms with E-state index in [1.54, 1.807) is 0 Å². The zero-order valence-electron chi connectivity index (χ0n) is 18.1. The maximum Gasteiger partial charge on any atom is 0.240 e. The molecule has 0 aromatic heterocycles. The third-order valence-corrected chi connectivity index (χ3v) is 4.62.